The zero-order valence-corrected chi connectivity index (χ0v) is 8.32. The number of nitrogens with one attached hydrogen (secondary N) is 2. The van der Waals surface area contributed by atoms with Crippen molar-refractivity contribution in [1.82, 2.24) is 14.8 Å². The van der Waals surface area contributed by atoms with Gasteiger partial charge in [-0.3, -0.25) is 4.79 Å². The molecule has 0 saturated carbocycles. The predicted octanol–water partition coefficient (Wildman–Crippen LogP) is -0.319. The van der Waals surface area contributed by atoms with Gasteiger partial charge in [-0.2, -0.15) is 0 Å². The van der Waals surface area contributed by atoms with E-state index in [4.69, 9.17) is 5.11 Å². The Morgan fingerprint density at radius 3 is 2.40 bits per heavy atom. The quantitative estimate of drug-likeness (QED) is 0.625. The molecule has 1 unspecified atom stereocenters. The lowest BCUT2D eigenvalue weighted by Gasteiger charge is -2.08. The van der Waals surface area contributed by atoms with E-state index in [1.165, 1.54) is 0 Å². The van der Waals surface area contributed by atoms with E-state index in [-0.39, 0.29) is 12.5 Å². The van der Waals surface area contributed by atoms with Gasteiger partial charge in [0, 0.05) is 12.5 Å². The first-order valence-corrected chi connectivity index (χ1v) is 4.63. The monoisotopic (exact) mass is 215 g/mol. The summed E-state index contributed by atoms with van der Waals surface area (Å²) in [5.41, 5.74) is -0.995. The fraction of sp³-hybridized carbons (Fsp3) is 0.625. The molecule has 0 amide bonds. The summed E-state index contributed by atoms with van der Waals surface area (Å²) in [6.07, 6.45) is 0.960. The Balaban J connectivity index is 2.62. The van der Waals surface area contributed by atoms with Crippen LogP contribution in [0.2, 0.25) is 0 Å². The topological polar surface area (TPSA) is 108 Å². The van der Waals surface area contributed by atoms with Crippen LogP contribution in [-0.4, -0.2) is 25.8 Å². The molecule has 0 aliphatic rings. The van der Waals surface area contributed by atoms with Gasteiger partial charge in [0.1, 0.15) is 0 Å². The molecule has 15 heavy (non-hydrogen) atoms. The Kier molecular flexibility index (Phi) is 3.48. The first-order chi connectivity index (χ1) is 7.02. The van der Waals surface area contributed by atoms with Crippen molar-refractivity contribution in [3.63, 3.8) is 0 Å². The Morgan fingerprint density at radius 1 is 1.40 bits per heavy atom. The van der Waals surface area contributed by atoms with E-state index in [0.717, 1.165) is 4.57 Å². The Bertz CT molecular complexity index is 414. The molecule has 0 aliphatic carbocycles. The van der Waals surface area contributed by atoms with Crippen LogP contribution in [0.4, 0.5) is 0 Å². The number of hydrogen-bond acceptors (Lipinski definition) is 3. The van der Waals surface area contributed by atoms with Crippen molar-refractivity contribution in [2.45, 2.75) is 32.2 Å². The fourth-order valence-corrected chi connectivity index (χ4v) is 1.40. The molecule has 7 heteroatoms. The second-order valence-corrected chi connectivity index (χ2v) is 3.37. The van der Waals surface area contributed by atoms with Crippen molar-refractivity contribution >= 4 is 5.97 Å². The predicted molar refractivity (Wildman–Crippen MR) is 51.9 cm³/mol. The van der Waals surface area contributed by atoms with Gasteiger partial charge in [0.2, 0.25) is 0 Å². The van der Waals surface area contributed by atoms with Crippen LogP contribution in [-0.2, 0) is 4.79 Å². The number of aromatic nitrogens is 3. The van der Waals surface area contributed by atoms with Gasteiger partial charge >= 0.3 is 17.3 Å². The summed E-state index contributed by atoms with van der Waals surface area (Å²) in [4.78, 5) is 32.5. The van der Waals surface area contributed by atoms with E-state index >= 15 is 0 Å². The van der Waals surface area contributed by atoms with Crippen LogP contribution in [0.3, 0.4) is 0 Å². The molecule has 0 aromatic carbocycles. The lowest BCUT2D eigenvalue weighted by molar-refractivity contribution is -0.137. The van der Waals surface area contributed by atoms with Crippen molar-refractivity contribution in [2.75, 3.05) is 0 Å². The van der Waals surface area contributed by atoms with Crippen molar-refractivity contribution < 1.29 is 9.90 Å². The van der Waals surface area contributed by atoms with Crippen LogP contribution in [0.1, 0.15) is 32.2 Å². The summed E-state index contributed by atoms with van der Waals surface area (Å²) in [5.74, 6) is -0.877. The molecule has 0 saturated heterocycles. The van der Waals surface area contributed by atoms with Crippen molar-refractivity contribution in [2.24, 2.45) is 0 Å². The van der Waals surface area contributed by atoms with E-state index in [2.05, 4.69) is 10.2 Å². The first-order valence-electron chi connectivity index (χ1n) is 4.63. The van der Waals surface area contributed by atoms with Crippen LogP contribution >= 0.6 is 0 Å². The van der Waals surface area contributed by atoms with Gasteiger partial charge in [-0.15, -0.1) is 0 Å². The number of carbonyl (C=O) groups is 1. The van der Waals surface area contributed by atoms with Gasteiger partial charge in [-0.1, -0.05) is 0 Å². The SMILES string of the molecule is CC(CCCC(=O)O)n1c(=O)[nH][nH]c1=O. The molecule has 0 bridgehead atoms. The molecule has 0 spiro atoms. The summed E-state index contributed by atoms with van der Waals surface area (Å²) in [6.45, 7) is 1.70. The standard InChI is InChI=1S/C8H13N3O4/c1-5(3-2-4-6(12)13)11-7(14)9-10-8(11)15/h5H,2-4H2,1H3,(H,9,14)(H,10,15)(H,12,13). The van der Waals surface area contributed by atoms with E-state index < -0.39 is 17.3 Å². The Morgan fingerprint density at radius 2 is 1.93 bits per heavy atom. The average molecular weight is 215 g/mol. The van der Waals surface area contributed by atoms with Gasteiger partial charge in [0.25, 0.3) is 0 Å². The van der Waals surface area contributed by atoms with Gasteiger partial charge in [-0.05, 0) is 19.8 Å². The lowest BCUT2D eigenvalue weighted by atomic mass is 10.1. The normalized spacial score (nSPS) is 12.6. The molecule has 1 atom stereocenters. The van der Waals surface area contributed by atoms with Gasteiger partial charge < -0.3 is 5.11 Å². The van der Waals surface area contributed by atoms with Gasteiger partial charge in [0.15, 0.2) is 0 Å². The summed E-state index contributed by atoms with van der Waals surface area (Å²) in [6, 6.07) is -0.299. The van der Waals surface area contributed by atoms with Crippen LogP contribution in [0.5, 0.6) is 0 Å². The third-order valence-corrected chi connectivity index (χ3v) is 2.17. The summed E-state index contributed by atoms with van der Waals surface area (Å²) >= 11 is 0. The second kappa shape index (κ2) is 4.63. The third kappa shape index (κ3) is 2.83. The summed E-state index contributed by atoms with van der Waals surface area (Å²) in [5, 5.41) is 12.8. The van der Waals surface area contributed by atoms with E-state index in [1.54, 1.807) is 6.92 Å². The number of aromatic amines is 2. The molecular formula is C8H13N3O4. The molecule has 0 aliphatic heterocycles. The largest absolute Gasteiger partial charge is 0.481 e. The Labute approximate surface area is 84.7 Å². The Hall–Kier alpha value is -1.79. The first kappa shape index (κ1) is 11.3. The average Bonchev–Trinajstić information content (AvgIpc) is 2.45. The number of carboxylic acids is 1. The number of H-pyrrole nitrogens is 2. The highest BCUT2D eigenvalue weighted by atomic mass is 16.4. The number of hydrogen-bond donors (Lipinski definition) is 3. The second-order valence-electron chi connectivity index (χ2n) is 3.37. The van der Waals surface area contributed by atoms with Crippen molar-refractivity contribution in [3.05, 3.63) is 21.0 Å². The maximum absolute atomic E-state index is 11.1. The van der Waals surface area contributed by atoms with Crippen LogP contribution < -0.4 is 11.4 Å². The minimum Gasteiger partial charge on any atom is -0.481 e. The zero-order valence-electron chi connectivity index (χ0n) is 8.32. The lowest BCUT2D eigenvalue weighted by Crippen LogP contribution is -2.29. The van der Waals surface area contributed by atoms with Crippen molar-refractivity contribution in [1.29, 1.82) is 0 Å². The third-order valence-electron chi connectivity index (χ3n) is 2.17. The maximum Gasteiger partial charge on any atom is 0.344 e. The maximum atomic E-state index is 11.1. The summed E-state index contributed by atoms with van der Waals surface area (Å²) < 4.78 is 1.04. The highest BCUT2D eigenvalue weighted by Gasteiger charge is 2.11. The molecule has 1 rings (SSSR count). The molecule has 0 radical (unpaired) electrons. The minimum absolute atomic E-state index is 0.0431. The number of aliphatic carboxylic acids is 1. The molecule has 7 nitrogen and oxygen atoms in total. The molecule has 3 N–H and O–H groups in total. The van der Waals surface area contributed by atoms with Crippen LogP contribution in [0.15, 0.2) is 9.59 Å². The number of nitrogens with zero attached hydrogens (tertiary/aromatic N) is 1. The van der Waals surface area contributed by atoms with Gasteiger partial charge in [-0.25, -0.2) is 24.4 Å². The van der Waals surface area contributed by atoms with Crippen LogP contribution in [0.25, 0.3) is 0 Å². The number of rotatable bonds is 5. The fourth-order valence-electron chi connectivity index (χ4n) is 1.40. The van der Waals surface area contributed by atoms with Gasteiger partial charge in [0.05, 0.1) is 0 Å². The molecule has 1 heterocycles. The highest BCUT2D eigenvalue weighted by Crippen LogP contribution is 2.09. The zero-order chi connectivity index (χ0) is 11.4. The minimum atomic E-state index is -0.877. The molecule has 1 aromatic rings. The summed E-state index contributed by atoms with van der Waals surface area (Å²) in [7, 11) is 0. The molecule has 1 aromatic heterocycles. The smallest absolute Gasteiger partial charge is 0.344 e. The molecule has 0 fully saturated rings. The van der Waals surface area contributed by atoms with Crippen LogP contribution in [0, 0.1) is 0 Å². The molecular weight excluding hydrogens is 202 g/mol. The van der Waals surface area contributed by atoms with E-state index in [1.807, 2.05) is 0 Å². The van der Waals surface area contributed by atoms with Crippen molar-refractivity contribution in [3.8, 4) is 0 Å². The highest BCUT2D eigenvalue weighted by molar-refractivity contribution is 5.66. The van der Waals surface area contributed by atoms with E-state index in [9.17, 15) is 14.4 Å². The van der Waals surface area contributed by atoms with E-state index in [0.29, 0.717) is 12.8 Å². The number of carboxylic acid groups (broad SMARTS) is 1. The molecule has 84 valence electrons.